The molecule has 0 bridgehead atoms. The summed E-state index contributed by atoms with van der Waals surface area (Å²) >= 11 is 0. The van der Waals surface area contributed by atoms with Gasteiger partial charge in [0.15, 0.2) is 0 Å². The number of hydrogen-bond donors (Lipinski definition) is 2. The molecule has 3 aromatic rings. The number of nitrogens with one attached hydrogen (secondary N) is 1. The molecule has 2 aliphatic heterocycles. The zero-order chi connectivity index (χ0) is 25.4. The second-order valence-corrected chi connectivity index (χ2v) is 10.6. The van der Waals surface area contributed by atoms with Crippen molar-refractivity contribution in [2.24, 2.45) is 5.92 Å². The Morgan fingerprint density at radius 3 is 2.61 bits per heavy atom. The summed E-state index contributed by atoms with van der Waals surface area (Å²) in [5.74, 6) is 0.319. The minimum absolute atomic E-state index is 0.203. The lowest BCUT2D eigenvalue weighted by Gasteiger charge is -2.26. The molecule has 1 atom stereocenters. The molecule has 2 aliphatic rings. The van der Waals surface area contributed by atoms with Crippen LogP contribution in [0.25, 0.3) is 28.0 Å². The number of pyridine rings is 1. The van der Waals surface area contributed by atoms with E-state index in [0.29, 0.717) is 17.5 Å². The summed E-state index contributed by atoms with van der Waals surface area (Å²) in [7, 11) is 2.22. The average Bonchev–Trinajstić information content (AvgIpc) is 3.35. The molecule has 0 saturated carbocycles. The van der Waals surface area contributed by atoms with Gasteiger partial charge in [0, 0.05) is 60.3 Å². The van der Waals surface area contributed by atoms with Gasteiger partial charge < -0.3 is 20.9 Å². The normalized spacial score (nSPS) is 17.6. The summed E-state index contributed by atoms with van der Waals surface area (Å²) in [6, 6.07) is 16.7. The van der Waals surface area contributed by atoms with Crippen molar-refractivity contribution in [3.8, 4) is 22.3 Å². The van der Waals surface area contributed by atoms with Crippen LogP contribution in [-0.4, -0.2) is 49.2 Å². The van der Waals surface area contributed by atoms with E-state index in [9.17, 15) is 4.39 Å². The Labute approximate surface area is 213 Å². The maximum Gasteiger partial charge on any atom is 0.222 e. The number of fused-ring (bicyclic) bond motifs is 1. The third-order valence-corrected chi connectivity index (χ3v) is 7.46. The van der Waals surface area contributed by atoms with Crippen LogP contribution < -0.4 is 16.0 Å². The van der Waals surface area contributed by atoms with Crippen LogP contribution in [0.3, 0.4) is 0 Å². The van der Waals surface area contributed by atoms with Gasteiger partial charge in [-0.25, -0.2) is 4.98 Å². The largest absolute Gasteiger partial charge is 0.385 e. The number of nitrogens with zero attached hydrogens (tertiary/aromatic N) is 3. The van der Waals surface area contributed by atoms with Gasteiger partial charge in [-0.3, -0.25) is 0 Å². The van der Waals surface area contributed by atoms with E-state index in [0.717, 1.165) is 67.0 Å². The number of halogens is 1. The maximum atomic E-state index is 15.0. The summed E-state index contributed by atoms with van der Waals surface area (Å²) in [5.41, 5.74) is 13.6. The number of hydrogen-bond acceptors (Lipinski definition) is 5. The van der Waals surface area contributed by atoms with Crippen molar-refractivity contribution in [1.82, 2.24) is 15.2 Å². The van der Waals surface area contributed by atoms with Crippen LogP contribution >= 0.6 is 0 Å². The molecular weight excluding hydrogens is 449 g/mol. The SMILES string of the molecule is C=C1NCCc2cc(-c3cc(-c4ccc(N5CCC(N(C)CC(C)C)C5)cc4)c(F)nc3N)ccc21. The molecule has 1 fully saturated rings. The van der Waals surface area contributed by atoms with Gasteiger partial charge in [0.2, 0.25) is 5.95 Å². The van der Waals surface area contributed by atoms with Gasteiger partial charge in [0.05, 0.1) is 0 Å². The third kappa shape index (κ3) is 4.82. The van der Waals surface area contributed by atoms with Crippen molar-refractivity contribution >= 4 is 17.2 Å². The van der Waals surface area contributed by atoms with Crippen LogP contribution in [0.1, 0.15) is 31.4 Å². The van der Waals surface area contributed by atoms with Crippen LogP contribution in [-0.2, 0) is 6.42 Å². The quantitative estimate of drug-likeness (QED) is 0.457. The number of benzene rings is 2. The van der Waals surface area contributed by atoms with E-state index >= 15 is 0 Å². The first-order valence-corrected chi connectivity index (χ1v) is 12.9. The zero-order valence-electron chi connectivity index (χ0n) is 21.5. The van der Waals surface area contributed by atoms with Crippen molar-refractivity contribution in [2.75, 3.05) is 43.9 Å². The van der Waals surface area contributed by atoms with Gasteiger partial charge >= 0.3 is 0 Å². The van der Waals surface area contributed by atoms with Gasteiger partial charge in [-0.05, 0) is 60.7 Å². The fourth-order valence-corrected chi connectivity index (χ4v) is 5.56. The predicted octanol–water partition coefficient (Wildman–Crippen LogP) is 5.42. The van der Waals surface area contributed by atoms with Gasteiger partial charge in [-0.15, -0.1) is 0 Å². The Morgan fingerprint density at radius 2 is 1.86 bits per heavy atom. The molecule has 1 aromatic heterocycles. The van der Waals surface area contributed by atoms with Crippen molar-refractivity contribution in [3.05, 3.63) is 72.2 Å². The number of aromatic nitrogens is 1. The minimum atomic E-state index is -0.545. The summed E-state index contributed by atoms with van der Waals surface area (Å²) < 4.78 is 15.0. The van der Waals surface area contributed by atoms with Crippen LogP contribution in [0.15, 0.2) is 55.1 Å². The molecule has 6 heteroatoms. The first-order valence-electron chi connectivity index (χ1n) is 12.9. The fraction of sp³-hybridized carbons (Fsp3) is 0.367. The zero-order valence-corrected chi connectivity index (χ0v) is 21.5. The van der Waals surface area contributed by atoms with Gasteiger partial charge in [0.1, 0.15) is 5.82 Å². The third-order valence-electron chi connectivity index (χ3n) is 7.46. The van der Waals surface area contributed by atoms with Crippen molar-refractivity contribution in [1.29, 1.82) is 0 Å². The molecule has 188 valence electrons. The molecule has 0 aliphatic carbocycles. The van der Waals surface area contributed by atoms with Crippen LogP contribution in [0.4, 0.5) is 15.9 Å². The predicted molar refractivity (Wildman–Crippen MR) is 148 cm³/mol. The molecule has 3 heterocycles. The number of anilines is 2. The Kier molecular flexibility index (Phi) is 6.71. The van der Waals surface area contributed by atoms with E-state index in [1.807, 2.05) is 24.3 Å². The van der Waals surface area contributed by atoms with E-state index in [2.05, 4.69) is 71.8 Å². The summed E-state index contributed by atoms with van der Waals surface area (Å²) in [4.78, 5) is 8.97. The minimum Gasteiger partial charge on any atom is -0.385 e. The summed E-state index contributed by atoms with van der Waals surface area (Å²) in [5, 5.41) is 3.30. The fourth-order valence-electron chi connectivity index (χ4n) is 5.56. The molecule has 36 heavy (non-hydrogen) atoms. The first-order chi connectivity index (χ1) is 17.3. The lowest BCUT2D eigenvalue weighted by molar-refractivity contribution is 0.231. The number of rotatable bonds is 6. The first kappa shape index (κ1) is 24.3. The Morgan fingerprint density at radius 1 is 1.11 bits per heavy atom. The van der Waals surface area contributed by atoms with Gasteiger partial charge in [-0.2, -0.15) is 4.39 Å². The second kappa shape index (κ2) is 9.94. The summed E-state index contributed by atoms with van der Waals surface area (Å²) in [6.07, 6.45) is 2.07. The maximum absolute atomic E-state index is 15.0. The van der Waals surface area contributed by atoms with Crippen molar-refractivity contribution < 1.29 is 4.39 Å². The molecule has 0 radical (unpaired) electrons. The molecule has 5 rings (SSSR count). The molecule has 1 saturated heterocycles. The number of nitrogen functional groups attached to an aromatic ring is 1. The lowest BCUT2D eigenvalue weighted by Crippen LogP contribution is -2.36. The average molecular weight is 486 g/mol. The monoisotopic (exact) mass is 485 g/mol. The van der Waals surface area contributed by atoms with Crippen LogP contribution in [0.2, 0.25) is 0 Å². The topological polar surface area (TPSA) is 57.4 Å². The highest BCUT2D eigenvalue weighted by Gasteiger charge is 2.26. The van der Waals surface area contributed by atoms with E-state index in [1.165, 1.54) is 11.3 Å². The standard InChI is InChI=1S/C30H36FN5/c1-19(2)17-35(4)25-12-14-36(18-25)24-8-5-21(6-9-24)27-16-28(30(32)34-29(27)31)22-7-10-26-20(3)33-13-11-23(26)15-22/h5-10,15-16,19,25,33H,3,11-14,17-18H2,1-2,4H3,(H2,32,34). The molecular formula is C30H36FN5. The van der Waals surface area contributed by atoms with Crippen molar-refractivity contribution in [2.45, 2.75) is 32.7 Å². The Bertz CT molecular complexity index is 1270. The molecule has 5 nitrogen and oxygen atoms in total. The van der Waals surface area contributed by atoms with E-state index in [4.69, 9.17) is 5.73 Å². The molecule has 0 amide bonds. The van der Waals surface area contributed by atoms with Crippen LogP contribution in [0, 0.1) is 11.9 Å². The van der Waals surface area contributed by atoms with Gasteiger partial charge in [0.25, 0.3) is 0 Å². The number of nitrogens with two attached hydrogens (primary N) is 1. The van der Waals surface area contributed by atoms with E-state index < -0.39 is 5.95 Å². The van der Waals surface area contributed by atoms with Crippen LogP contribution in [0.5, 0.6) is 0 Å². The second-order valence-electron chi connectivity index (χ2n) is 10.6. The number of likely N-dealkylation sites (N-methyl/N-ethyl adjacent to an activating group) is 1. The smallest absolute Gasteiger partial charge is 0.222 e. The Balaban J connectivity index is 1.38. The molecule has 1 unspecified atom stereocenters. The Hall–Kier alpha value is -3.38. The molecule has 0 spiro atoms. The molecule has 3 N–H and O–H groups in total. The van der Waals surface area contributed by atoms with E-state index in [1.54, 1.807) is 0 Å². The van der Waals surface area contributed by atoms with E-state index in [-0.39, 0.29) is 5.82 Å². The summed E-state index contributed by atoms with van der Waals surface area (Å²) in [6.45, 7) is 12.6. The van der Waals surface area contributed by atoms with Gasteiger partial charge in [-0.1, -0.05) is 50.8 Å². The highest BCUT2D eigenvalue weighted by atomic mass is 19.1. The molecule has 2 aromatic carbocycles. The highest BCUT2D eigenvalue weighted by Crippen LogP contribution is 2.35. The lowest BCUT2D eigenvalue weighted by atomic mass is 9.93. The highest BCUT2D eigenvalue weighted by molar-refractivity contribution is 5.82. The van der Waals surface area contributed by atoms with Crippen molar-refractivity contribution in [3.63, 3.8) is 0 Å².